The maximum Gasteiger partial charge on any atom is 0.410 e. The Morgan fingerprint density at radius 1 is 0.963 bits per heavy atom. The molecule has 3 amide bonds. The van der Waals surface area contributed by atoms with Crippen LogP contribution < -0.4 is 5.32 Å². The second-order valence-corrected chi connectivity index (χ2v) is 7.73. The lowest BCUT2D eigenvalue weighted by Gasteiger charge is -2.32. The Bertz CT molecular complexity index is 570. The van der Waals surface area contributed by atoms with Crippen LogP contribution in [0, 0.1) is 0 Å². The number of ether oxygens (including phenoxy) is 1. The number of ketones is 1. The number of nitrogens with zero attached hydrogens (tertiary/aromatic N) is 2. The molecule has 0 aromatic carbocycles. The maximum atomic E-state index is 12.6. The van der Waals surface area contributed by atoms with E-state index in [2.05, 4.69) is 5.32 Å². The molecule has 0 aromatic rings. The highest BCUT2D eigenvalue weighted by molar-refractivity contribution is 5.93. The molecule has 0 aliphatic carbocycles. The zero-order valence-electron chi connectivity index (χ0n) is 17.7. The van der Waals surface area contributed by atoms with E-state index in [0.717, 1.165) is 4.90 Å². The molecule has 9 nitrogen and oxygen atoms in total. The van der Waals surface area contributed by atoms with Gasteiger partial charge in [-0.05, 0) is 48.5 Å². The quantitative estimate of drug-likeness (QED) is 0.659. The highest BCUT2D eigenvalue weighted by Crippen LogP contribution is 2.12. The van der Waals surface area contributed by atoms with Crippen molar-refractivity contribution in [2.24, 2.45) is 0 Å². The van der Waals surface area contributed by atoms with Crippen LogP contribution in [0.4, 0.5) is 4.79 Å². The second kappa shape index (κ2) is 9.68. The summed E-state index contributed by atoms with van der Waals surface area (Å²) >= 11 is 0. The van der Waals surface area contributed by atoms with Crippen molar-refractivity contribution in [2.45, 2.75) is 78.3 Å². The molecule has 9 heteroatoms. The van der Waals surface area contributed by atoms with E-state index >= 15 is 0 Å². The minimum absolute atomic E-state index is 0.391. The van der Waals surface area contributed by atoms with Gasteiger partial charge < -0.3 is 20.1 Å². The average molecular weight is 387 g/mol. The fraction of sp³-hybridized carbons (Fsp3) is 0.778. The Kier molecular flexibility index (Phi) is 8.91. The summed E-state index contributed by atoms with van der Waals surface area (Å²) in [5, 5.41) is 12.0. The van der Waals surface area contributed by atoms with E-state index in [4.69, 9.17) is 4.74 Å². The molecule has 0 unspecified atom stereocenters. The number of nitrogens with one attached hydrogen (secondary N) is 1. The van der Waals surface area contributed by atoms with E-state index in [1.54, 1.807) is 20.8 Å². The fourth-order valence-corrected chi connectivity index (χ4v) is 2.15. The summed E-state index contributed by atoms with van der Waals surface area (Å²) < 4.78 is 5.24. The van der Waals surface area contributed by atoms with Gasteiger partial charge in [0.2, 0.25) is 11.8 Å². The number of rotatable bonds is 7. The van der Waals surface area contributed by atoms with Gasteiger partial charge in [-0.2, -0.15) is 0 Å². The molecule has 0 saturated carbocycles. The molecule has 0 aromatic heterocycles. The molecular formula is C18H33N3O6. The van der Waals surface area contributed by atoms with Crippen molar-refractivity contribution in [3.05, 3.63) is 0 Å². The number of likely N-dealkylation sites (N-methyl/N-ethyl adjacent to an activating group) is 2. The predicted octanol–water partition coefficient (Wildman–Crippen LogP) is 0.543. The van der Waals surface area contributed by atoms with E-state index < -0.39 is 53.5 Å². The Balaban J connectivity index is 5.06. The predicted molar refractivity (Wildman–Crippen MR) is 100.0 cm³/mol. The van der Waals surface area contributed by atoms with Crippen molar-refractivity contribution < 1.29 is 29.0 Å². The third kappa shape index (κ3) is 7.54. The van der Waals surface area contributed by atoms with Crippen LogP contribution in [0.3, 0.4) is 0 Å². The van der Waals surface area contributed by atoms with Gasteiger partial charge in [0.05, 0.1) is 6.10 Å². The Morgan fingerprint density at radius 3 is 1.81 bits per heavy atom. The molecule has 156 valence electrons. The minimum Gasteiger partial charge on any atom is -0.444 e. The Labute approximate surface area is 161 Å². The van der Waals surface area contributed by atoms with Crippen LogP contribution in [-0.4, -0.2) is 82.5 Å². The van der Waals surface area contributed by atoms with E-state index in [-0.39, 0.29) is 0 Å². The van der Waals surface area contributed by atoms with Gasteiger partial charge in [-0.15, -0.1) is 0 Å². The lowest BCUT2D eigenvalue weighted by molar-refractivity contribution is -0.142. The molecule has 27 heavy (non-hydrogen) atoms. The zero-order chi connectivity index (χ0) is 21.7. The third-order valence-corrected chi connectivity index (χ3v) is 4.15. The minimum atomic E-state index is -1.06. The van der Waals surface area contributed by atoms with Crippen LogP contribution in [0.2, 0.25) is 0 Å². The van der Waals surface area contributed by atoms with Crippen molar-refractivity contribution >= 4 is 23.7 Å². The highest BCUT2D eigenvalue weighted by atomic mass is 16.6. The first-order chi connectivity index (χ1) is 12.1. The molecule has 0 aliphatic rings. The van der Waals surface area contributed by atoms with Crippen LogP contribution >= 0.6 is 0 Å². The monoisotopic (exact) mass is 387 g/mol. The van der Waals surface area contributed by atoms with E-state index in [9.17, 15) is 24.3 Å². The number of aliphatic hydroxyl groups is 1. The standard InChI is InChI=1S/C18H33N3O6/c1-10(15(24)19-14(12(3)22)13(4)23)20(8)16(25)11(2)21(9)17(26)27-18(5,6)7/h10-12,14,22H,1-9H3,(H,19,24)/t10-,11+,12+,14-/m1/s1. The Hall–Kier alpha value is -2.16. The molecule has 0 bridgehead atoms. The summed E-state index contributed by atoms with van der Waals surface area (Å²) in [5.41, 5.74) is -0.699. The van der Waals surface area contributed by atoms with Gasteiger partial charge in [-0.1, -0.05) is 0 Å². The highest BCUT2D eigenvalue weighted by Gasteiger charge is 2.33. The van der Waals surface area contributed by atoms with Crippen LogP contribution in [0.1, 0.15) is 48.5 Å². The molecular weight excluding hydrogens is 354 g/mol. The van der Waals surface area contributed by atoms with Gasteiger partial charge in [-0.25, -0.2) is 4.79 Å². The molecule has 0 radical (unpaired) electrons. The summed E-state index contributed by atoms with van der Waals surface area (Å²) in [7, 11) is 2.87. The number of hydrogen-bond donors (Lipinski definition) is 2. The molecule has 0 heterocycles. The van der Waals surface area contributed by atoms with Crippen molar-refractivity contribution in [2.75, 3.05) is 14.1 Å². The molecule has 2 N–H and O–H groups in total. The van der Waals surface area contributed by atoms with Crippen molar-refractivity contribution in [1.29, 1.82) is 0 Å². The number of carbonyl (C=O) groups is 4. The lowest BCUT2D eigenvalue weighted by Crippen LogP contribution is -2.56. The van der Waals surface area contributed by atoms with Crippen molar-refractivity contribution in [3.8, 4) is 0 Å². The SMILES string of the molecule is CC(=O)[C@H](NC(=O)[C@@H](C)N(C)C(=O)[C@H](C)N(C)C(=O)OC(C)(C)C)[C@H](C)O. The van der Waals surface area contributed by atoms with Gasteiger partial charge in [0.15, 0.2) is 5.78 Å². The first kappa shape index (κ1) is 24.8. The zero-order valence-corrected chi connectivity index (χ0v) is 17.7. The van der Waals surface area contributed by atoms with E-state index in [0.29, 0.717) is 0 Å². The summed E-state index contributed by atoms with van der Waals surface area (Å²) in [5.74, 6) is -1.45. The van der Waals surface area contributed by atoms with Gasteiger partial charge >= 0.3 is 6.09 Å². The molecule has 0 saturated heterocycles. The van der Waals surface area contributed by atoms with Crippen LogP contribution in [0.25, 0.3) is 0 Å². The molecule has 0 rings (SSSR count). The second-order valence-electron chi connectivity index (χ2n) is 7.73. The largest absolute Gasteiger partial charge is 0.444 e. The first-order valence-corrected chi connectivity index (χ1v) is 8.81. The number of carbonyl (C=O) groups excluding carboxylic acids is 4. The smallest absolute Gasteiger partial charge is 0.410 e. The molecule has 4 atom stereocenters. The number of hydrogen-bond acceptors (Lipinski definition) is 6. The molecule has 0 aliphatic heterocycles. The van der Waals surface area contributed by atoms with Crippen LogP contribution in [-0.2, 0) is 19.1 Å². The van der Waals surface area contributed by atoms with Gasteiger partial charge in [0, 0.05) is 14.1 Å². The normalized spacial score (nSPS) is 15.8. The van der Waals surface area contributed by atoms with Gasteiger partial charge in [-0.3, -0.25) is 19.3 Å². The van der Waals surface area contributed by atoms with Crippen molar-refractivity contribution in [3.63, 3.8) is 0 Å². The number of Topliss-reactive ketones (excluding diaryl/α,β-unsaturated/α-hetero) is 1. The van der Waals surface area contributed by atoms with Gasteiger partial charge in [0.1, 0.15) is 23.7 Å². The van der Waals surface area contributed by atoms with Gasteiger partial charge in [0.25, 0.3) is 0 Å². The summed E-state index contributed by atoms with van der Waals surface area (Å²) in [6, 6.07) is -2.82. The molecule has 0 fully saturated rings. The summed E-state index contributed by atoms with van der Waals surface area (Å²) in [4.78, 5) is 51.0. The van der Waals surface area contributed by atoms with E-state index in [1.165, 1.54) is 46.7 Å². The van der Waals surface area contributed by atoms with E-state index in [1.807, 2.05) is 0 Å². The van der Waals surface area contributed by atoms with Crippen molar-refractivity contribution in [1.82, 2.24) is 15.1 Å². The fourth-order valence-electron chi connectivity index (χ4n) is 2.15. The maximum absolute atomic E-state index is 12.6. The average Bonchev–Trinajstić information content (AvgIpc) is 2.53. The topological polar surface area (TPSA) is 116 Å². The third-order valence-electron chi connectivity index (χ3n) is 4.15. The molecule has 0 spiro atoms. The number of aliphatic hydroxyl groups excluding tert-OH is 1. The Morgan fingerprint density at radius 2 is 1.44 bits per heavy atom. The first-order valence-electron chi connectivity index (χ1n) is 8.81. The number of amides is 3. The van der Waals surface area contributed by atoms with Crippen LogP contribution in [0.5, 0.6) is 0 Å². The lowest BCUT2D eigenvalue weighted by atomic mass is 10.1. The summed E-state index contributed by atoms with van der Waals surface area (Å²) in [6.07, 6.45) is -1.71. The summed E-state index contributed by atoms with van der Waals surface area (Å²) in [6.45, 7) is 10.8. The van der Waals surface area contributed by atoms with Crippen LogP contribution in [0.15, 0.2) is 0 Å².